The molecule has 0 amide bonds. The molecule has 0 spiro atoms. The van der Waals surface area contributed by atoms with E-state index in [9.17, 15) is 0 Å². The third-order valence-corrected chi connectivity index (χ3v) is 4.13. The van der Waals surface area contributed by atoms with Gasteiger partial charge in [-0.05, 0) is 19.2 Å². The lowest BCUT2D eigenvalue weighted by Gasteiger charge is -2.15. The third-order valence-electron chi connectivity index (χ3n) is 2.95. The van der Waals surface area contributed by atoms with Crippen molar-refractivity contribution in [1.82, 2.24) is 14.9 Å². The standard InChI is InChI=1S/C14H19N3S/c1-15-12(10-14-16-8-9-17(14)2)11-18-13-6-4-3-5-7-13/h3-9,12,15H,10-11H2,1-2H3. The van der Waals surface area contributed by atoms with Crippen molar-refractivity contribution in [3.8, 4) is 0 Å². The molecule has 1 N–H and O–H groups in total. The van der Waals surface area contributed by atoms with Gasteiger partial charge in [0.05, 0.1) is 0 Å². The van der Waals surface area contributed by atoms with E-state index in [2.05, 4.69) is 39.1 Å². The minimum atomic E-state index is 0.441. The van der Waals surface area contributed by atoms with Gasteiger partial charge in [0.25, 0.3) is 0 Å². The second-order valence-electron chi connectivity index (χ2n) is 4.27. The second-order valence-corrected chi connectivity index (χ2v) is 5.36. The van der Waals surface area contributed by atoms with E-state index in [1.54, 1.807) is 0 Å². The molecule has 0 saturated carbocycles. The number of hydrogen-bond acceptors (Lipinski definition) is 3. The highest BCUT2D eigenvalue weighted by atomic mass is 32.2. The molecule has 1 heterocycles. The predicted octanol–water partition coefficient (Wildman–Crippen LogP) is 2.34. The number of benzene rings is 1. The first-order chi connectivity index (χ1) is 8.79. The van der Waals surface area contributed by atoms with Crippen LogP contribution in [0.1, 0.15) is 5.82 Å². The lowest BCUT2D eigenvalue weighted by Crippen LogP contribution is -2.31. The van der Waals surface area contributed by atoms with Gasteiger partial charge in [-0.2, -0.15) is 0 Å². The summed E-state index contributed by atoms with van der Waals surface area (Å²) in [6.45, 7) is 0. The number of aryl methyl sites for hydroxylation is 1. The molecule has 1 aromatic heterocycles. The van der Waals surface area contributed by atoms with Crippen LogP contribution in [0.25, 0.3) is 0 Å². The van der Waals surface area contributed by atoms with Crippen LogP contribution < -0.4 is 5.32 Å². The van der Waals surface area contributed by atoms with Crippen molar-refractivity contribution < 1.29 is 0 Å². The summed E-state index contributed by atoms with van der Waals surface area (Å²) >= 11 is 1.88. The van der Waals surface area contributed by atoms with E-state index >= 15 is 0 Å². The molecule has 0 radical (unpaired) electrons. The molecule has 2 rings (SSSR count). The van der Waals surface area contributed by atoms with Crippen LogP contribution in [-0.4, -0.2) is 28.4 Å². The summed E-state index contributed by atoms with van der Waals surface area (Å²) < 4.78 is 2.08. The van der Waals surface area contributed by atoms with Gasteiger partial charge in [-0.1, -0.05) is 18.2 Å². The topological polar surface area (TPSA) is 29.9 Å². The zero-order valence-corrected chi connectivity index (χ0v) is 11.7. The van der Waals surface area contributed by atoms with Crippen LogP contribution in [0.4, 0.5) is 0 Å². The number of thioether (sulfide) groups is 1. The molecule has 1 aromatic carbocycles. The number of rotatable bonds is 6. The van der Waals surface area contributed by atoms with Gasteiger partial charge in [-0.15, -0.1) is 11.8 Å². The molecule has 0 saturated heterocycles. The van der Waals surface area contributed by atoms with Crippen molar-refractivity contribution in [2.24, 2.45) is 7.05 Å². The van der Waals surface area contributed by atoms with E-state index in [1.807, 2.05) is 44.3 Å². The molecule has 0 aliphatic carbocycles. The summed E-state index contributed by atoms with van der Waals surface area (Å²) in [4.78, 5) is 5.69. The van der Waals surface area contributed by atoms with Gasteiger partial charge in [0.15, 0.2) is 0 Å². The number of nitrogens with zero attached hydrogens (tertiary/aromatic N) is 2. The Morgan fingerprint density at radius 1 is 1.33 bits per heavy atom. The third kappa shape index (κ3) is 3.62. The summed E-state index contributed by atoms with van der Waals surface area (Å²) in [6.07, 6.45) is 4.80. The Balaban J connectivity index is 1.88. The first-order valence-electron chi connectivity index (χ1n) is 6.11. The Bertz CT molecular complexity index is 467. The molecule has 0 aliphatic rings. The maximum atomic E-state index is 4.37. The van der Waals surface area contributed by atoms with Crippen LogP contribution in [0.3, 0.4) is 0 Å². The molecule has 1 atom stereocenters. The molecular weight excluding hydrogens is 242 g/mol. The largest absolute Gasteiger partial charge is 0.338 e. The lowest BCUT2D eigenvalue weighted by atomic mass is 10.2. The van der Waals surface area contributed by atoms with Crippen molar-refractivity contribution in [2.45, 2.75) is 17.4 Å². The predicted molar refractivity (Wildman–Crippen MR) is 76.9 cm³/mol. The van der Waals surface area contributed by atoms with E-state index in [0.717, 1.165) is 18.0 Å². The van der Waals surface area contributed by atoms with Crippen LogP contribution >= 0.6 is 11.8 Å². The molecule has 2 aromatic rings. The minimum absolute atomic E-state index is 0.441. The highest BCUT2D eigenvalue weighted by Gasteiger charge is 2.10. The molecule has 3 nitrogen and oxygen atoms in total. The summed E-state index contributed by atoms with van der Waals surface area (Å²) in [5, 5.41) is 3.36. The average molecular weight is 261 g/mol. The zero-order valence-electron chi connectivity index (χ0n) is 10.8. The zero-order chi connectivity index (χ0) is 12.8. The Morgan fingerprint density at radius 2 is 2.11 bits per heavy atom. The van der Waals surface area contributed by atoms with Gasteiger partial charge in [0.1, 0.15) is 5.82 Å². The Hall–Kier alpha value is -1.26. The number of likely N-dealkylation sites (N-methyl/N-ethyl adjacent to an activating group) is 1. The Labute approximate surface area is 113 Å². The van der Waals surface area contributed by atoms with Crippen molar-refractivity contribution in [1.29, 1.82) is 0 Å². The summed E-state index contributed by atoms with van der Waals surface area (Å²) in [6, 6.07) is 10.9. The number of aromatic nitrogens is 2. The Kier molecular flexibility index (Phi) is 4.84. The normalized spacial score (nSPS) is 12.6. The lowest BCUT2D eigenvalue weighted by molar-refractivity contribution is 0.586. The molecule has 0 bridgehead atoms. The van der Waals surface area contributed by atoms with Crippen molar-refractivity contribution >= 4 is 11.8 Å². The van der Waals surface area contributed by atoms with E-state index in [4.69, 9.17) is 0 Å². The van der Waals surface area contributed by atoms with E-state index in [0.29, 0.717) is 6.04 Å². The van der Waals surface area contributed by atoms with Gasteiger partial charge in [-0.25, -0.2) is 4.98 Å². The molecule has 1 unspecified atom stereocenters. The van der Waals surface area contributed by atoms with Crippen molar-refractivity contribution in [2.75, 3.05) is 12.8 Å². The van der Waals surface area contributed by atoms with Crippen LogP contribution in [-0.2, 0) is 13.5 Å². The smallest absolute Gasteiger partial charge is 0.109 e. The molecule has 18 heavy (non-hydrogen) atoms. The summed E-state index contributed by atoms with van der Waals surface area (Å²) in [5.41, 5.74) is 0. The maximum Gasteiger partial charge on any atom is 0.109 e. The van der Waals surface area contributed by atoms with Crippen molar-refractivity contribution in [3.05, 3.63) is 48.5 Å². The van der Waals surface area contributed by atoms with Crippen molar-refractivity contribution in [3.63, 3.8) is 0 Å². The fraction of sp³-hybridized carbons (Fsp3) is 0.357. The molecule has 96 valence electrons. The number of imidazole rings is 1. The quantitative estimate of drug-likeness (QED) is 0.810. The minimum Gasteiger partial charge on any atom is -0.338 e. The highest BCUT2D eigenvalue weighted by molar-refractivity contribution is 7.99. The number of hydrogen-bond donors (Lipinski definition) is 1. The summed E-state index contributed by atoms with van der Waals surface area (Å²) in [7, 11) is 4.05. The second kappa shape index (κ2) is 6.61. The van der Waals surface area contributed by atoms with Gasteiger partial charge >= 0.3 is 0 Å². The SMILES string of the molecule is CNC(CSc1ccccc1)Cc1nccn1C. The monoisotopic (exact) mass is 261 g/mol. The fourth-order valence-corrected chi connectivity index (χ4v) is 2.80. The van der Waals surface area contributed by atoms with Gasteiger partial charge in [0.2, 0.25) is 0 Å². The van der Waals surface area contributed by atoms with E-state index in [1.165, 1.54) is 4.90 Å². The first kappa shape index (κ1) is 13.2. The van der Waals surface area contributed by atoms with Gasteiger partial charge in [0, 0.05) is 42.6 Å². The molecule has 4 heteroatoms. The summed E-state index contributed by atoms with van der Waals surface area (Å²) in [5.74, 6) is 2.18. The Morgan fingerprint density at radius 3 is 2.72 bits per heavy atom. The average Bonchev–Trinajstić information content (AvgIpc) is 2.81. The maximum absolute atomic E-state index is 4.37. The van der Waals surface area contributed by atoms with Crippen LogP contribution in [0.5, 0.6) is 0 Å². The van der Waals surface area contributed by atoms with Crippen LogP contribution in [0, 0.1) is 0 Å². The molecular formula is C14H19N3S. The highest BCUT2D eigenvalue weighted by Crippen LogP contribution is 2.18. The number of nitrogens with one attached hydrogen (secondary N) is 1. The van der Waals surface area contributed by atoms with E-state index < -0.39 is 0 Å². The fourth-order valence-electron chi connectivity index (χ4n) is 1.77. The van der Waals surface area contributed by atoms with Gasteiger partial charge < -0.3 is 9.88 Å². The van der Waals surface area contributed by atoms with Crippen LogP contribution in [0.15, 0.2) is 47.6 Å². The first-order valence-corrected chi connectivity index (χ1v) is 7.09. The van der Waals surface area contributed by atoms with Crippen LogP contribution in [0.2, 0.25) is 0 Å². The molecule has 0 aliphatic heterocycles. The molecule has 0 fully saturated rings. The van der Waals surface area contributed by atoms with Gasteiger partial charge in [-0.3, -0.25) is 0 Å². The van der Waals surface area contributed by atoms with E-state index in [-0.39, 0.29) is 0 Å².